The van der Waals surface area contributed by atoms with Crippen molar-refractivity contribution in [3.05, 3.63) is 0 Å². The van der Waals surface area contributed by atoms with E-state index < -0.39 is 17.8 Å². The lowest BCUT2D eigenvalue weighted by molar-refractivity contribution is -0.149. The number of carbonyl (C=O) groups is 2. The number of hydrogen-bond donors (Lipinski definition) is 2. The van der Waals surface area contributed by atoms with Crippen LogP contribution in [0.5, 0.6) is 0 Å². The Hall–Kier alpha value is -1.10. The molecule has 1 aliphatic carbocycles. The van der Waals surface area contributed by atoms with Gasteiger partial charge in [0.1, 0.15) is 0 Å². The molecule has 0 radical (unpaired) electrons. The van der Waals surface area contributed by atoms with Crippen LogP contribution in [-0.4, -0.2) is 46.7 Å². The van der Waals surface area contributed by atoms with Crippen molar-refractivity contribution in [3.63, 3.8) is 0 Å². The molecule has 0 heterocycles. The normalized spacial score (nSPS) is 28.1. The molecule has 5 nitrogen and oxygen atoms in total. The Morgan fingerprint density at radius 3 is 2.35 bits per heavy atom. The fraction of sp³-hybridized carbons (Fsp3) is 0.833. The largest absolute Gasteiger partial charge is 0.481 e. The van der Waals surface area contributed by atoms with Crippen LogP contribution in [-0.2, 0) is 9.59 Å². The average Bonchev–Trinajstić information content (AvgIpc) is 2.67. The monoisotopic (exact) mass is 243 g/mol. The molecular formula is C12H21NO4. The number of hydrogen-bond acceptors (Lipinski definition) is 3. The summed E-state index contributed by atoms with van der Waals surface area (Å²) in [5, 5.41) is 18.0. The highest BCUT2D eigenvalue weighted by atomic mass is 16.4. The first-order valence-corrected chi connectivity index (χ1v) is 6.13. The number of carbonyl (C=O) groups excluding carboxylic acids is 1. The van der Waals surface area contributed by atoms with Crippen molar-refractivity contribution in [3.8, 4) is 0 Å². The molecule has 1 unspecified atom stereocenters. The van der Waals surface area contributed by atoms with Crippen LogP contribution in [0.2, 0.25) is 0 Å². The predicted molar refractivity (Wildman–Crippen MR) is 62.4 cm³/mol. The van der Waals surface area contributed by atoms with Crippen LogP contribution in [0.15, 0.2) is 0 Å². The predicted octanol–water partition coefficient (Wildman–Crippen LogP) is 0.574. The van der Waals surface area contributed by atoms with E-state index in [2.05, 4.69) is 0 Å². The summed E-state index contributed by atoms with van der Waals surface area (Å²) in [6.45, 7) is 4.52. The van der Waals surface area contributed by atoms with E-state index in [1.54, 1.807) is 4.90 Å². The molecule has 0 aromatic carbocycles. The van der Waals surface area contributed by atoms with Gasteiger partial charge in [-0.05, 0) is 25.7 Å². The number of aliphatic carboxylic acids is 1. The molecule has 3 atom stereocenters. The molecule has 0 bridgehead atoms. The summed E-state index contributed by atoms with van der Waals surface area (Å²) in [6.07, 6.45) is 1.21. The Morgan fingerprint density at radius 1 is 1.29 bits per heavy atom. The topological polar surface area (TPSA) is 77.8 Å². The zero-order valence-corrected chi connectivity index (χ0v) is 10.4. The number of amides is 1. The van der Waals surface area contributed by atoms with Crippen LogP contribution in [0.1, 0.15) is 26.7 Å². The van der Waals surface area contributed by atoms with Crippen LogP contribution < -0.4 is 0 Å². The third-order valence-electron chi connectivity index (χ3n) is 3.50. The molecule has 1 saturated carbocycles. The molecular weight excluding hydrogens is 222 g/mol. The van der Waals surface area contributed by atoms with Crippen LogP contribution in [0.3, 0.4) is 0 Å². The molecule has 5 heteroatoms. The summed E-state index contributed by atoms with van der Waals surface area (Å²) < 4.78 is 0. The highest BCUT2D eigenvalue weighted by molar-refractivity contribution is 5.85. The van der Waals surface area contributed by atoms with Gasteiger partial charge in [0.05, 0.1) is 18.4 Å². The summed E-state index contributed by atoms with van der Waals surface area (Å²) in [5.74, 6) is -1.72. The van der Waals surface area contributed by atoms with E-state index in [4.69, 9.17) is 10.2 Å². The Balaban J connectivity index is 2.75. The van der Waals surface area contributed by atoms with Gasteiger partial charge in [0, 0.05) is 13.1 Å². The van der Waals surface area contributed by atoms with Crippen LogP contribution >= 0.6 is 0 Å². The quantitative estimate of drug-likeness (QED) is 0.740. The second-order valence-electron chi connectivity index (χ2n) is 4.77. The summed E-state index contributed by atoms with van der Waals surface area (Å²) >= 11 is 0. The second kappa shape index (κ2) is 6.00. The maximum atomic E-state index is 12.2. The lowest BCUT2D eigenvalue weighted by atomic mass is 9.95. The number of carboxylic acids is 1. The number of aliphatic hydroxyl groups excluding tert-OH is 1. The molecule has 1 fully saturated rings. The molecule has 17 heavy (non-hydrogen) atoms. The number of likely N-dealkylation sites (N-methyl/N-ethyl adjacent to an activating group) is 1. The number of aliphatic hydroxyl groups is 1. The zero-order chi connectivity index (χ0) is 13.0. The summed E-state index contributed by atoms with van der Waals surface area (Å²) in [5.41, 5.74) is 0. The summed E-state index contributed by atoms with van der Waals surface area (Å²) in [6, 6.07) is 0. The van der Waals surface area contributed by atoms with Crippen molar-refractivity contribution in [2.24, 2.45) is 17.8 Å². The smallest absolute Gasteiger partial charge is 0.307 e. The Labute approximate surface area is 101 Å². The third kappa shape index (κ3) is 3.19. The lowest BCUT2D eigenvalue weighted by Crippen LogP contribution is -2.40. The number of carboxylic acid groups (broad SMARTS) is 1. The fourth-order valence-corrected chi connectivity index (χ4v) is 2.62. The molecule has 2 N–H and O–H groups in total. The van der Waals surface area contributed by atoms with E-state index in [9.17, 15) is 9.59 Å². The van der Waals surface area contributed by atoms with Gasteiger partial charge in [-0.15, -0.1) is 0 Å². The molecule has 1 amide bonds. The fourth-order valence-electron chi connectivity index (χ4n) is 2.62. The van der Waals surface area contributed by atoms with Gasteiger partial charge in [0.15, 0.2) is 0 Å². The van der Waals surface area contributed by atoms with Gasteiger partial charge in [0.25, 0.3) is 0 Å². The van der Waals surface area contributed by atoms with Crippen molar-refractivity contribution in [2.75, 3.05) is 19.7 Å². The second-order valence-corrected chi connectivity index (χ2v) is 4.77. The minimum absolute atomic E-state index is 0.0837. The van der Waals surface area contributed by atoms with Crippen LogP contribution in [0, 0.1) is 17.8 Å². The first kappa shape index (κ1) is 14.0. The lowest BCUT2D eigenvalue weighted by Gasteiger charge is -2.25. The van der Waals surface area contributed by atoms with Crippen molar-refractivity contribution >= 4 is 11.9 Å². The van der Waals surface area contributed by atoms with Crippen molar-refractivity contribution in [1.29, 1.82) is 0 Å². The Morgan fingerprint density at radius 2 is 1.88 bits per heavy atom. The van der Waals surface area contributed by atoms with Gasteiger partial charge in [0.2, 0.25) is 5.91 Å². The summed E-state index contributed by atoms with van der Waals surface area (Å²) in [7, 11) is 0. The van der Waals surface area contributed by atoms with Crippen molar-refractivity contribution in [2.45, 2.75) is 26.7 Å². The first-order chi connectivity index (χ1) is 8.01. The van der Waals surface area contributed by atoms with Crippen LogP contribution in [0.4, 0.5) is 0 Å². The van der Waals surface area contributed by atoms with Crippen molar-refractivity contribution < 1.29 is 19.8 Å². The van der Waals surface area contributed by atoms with Gasteiger partial charge in [-0.1, -0.05) is 6.92 Å². The minimum atomic E-state index is -0.882. The van der Waals surface area contributed by atoms with E-state index in [0.717, 1.165) is 0 Å². The molecule has 0 aromatic heterocycles. The molecule has 0 spiro atoms. The maximum Gasteiger partial charge on any atom is 0.307 e. The Kier molecular flexibility index (Phi) is 4.93. The zero-order valence-electron chi connectivity index (χ0n) is 10.4. The standard InChI is InChI=1S/C12H21NO4/c1-3-13(4-5-14)11(15)9-6-8(2)7-10(9)12(16)17/h8-10,14H,3-7H2,1-2H3,(H,16,17)/t8?,9-,10+/m0/s1. The van der Waals surface area contributed by atoms with Gasteiger partial charge in [-0.25, -0.2) is 0 Å². The molecule has 0 aliphatic heterocycles. The molecule has 0 aromatic rings. The van der Waals surface area contributed by atoms with E-state index in [-0.39, 0.29) is 25.0 Å². The molecule has 1 rings (SSSR count). The van der Waals surface area contributed by atoms with Gasteiger partial charge < -0.3 is 15.1 Å². The highest BCUT2D eigenvalue weighted by Gasteiger charge is 2.42. The first-order valence-electron chi connectivity index (χ1n) is 6.13. The SMILES string of the molecule is CCN(CCO)C(=O)[C@H]1CC(C)C[C@H]1C(=O)O. The van der Waals surface area contributed by atoms with E-state index in [0.29, 0.717) is 19.4 Å². The number of nitrogens with zero attached hydrogens (tertiary/aromatic N) is 1. The van der Waals surface area contributed by atoms with E-state index >= 15 is 0 Å². The van der Waals surface area contributed by atoms with Crippen LogP contribution in [0.25, 0.3) is 0 Å². The minimum Gasteiger partial charge on any atom is -0.481 e. The van der Waals surface area contributed by atoms with Crippen molar-refractivity contribution in [1.82, 2.24) is 4.90 Å². The van der Waals surface area contributed by atoms with Gasteiger partial charge in [-0.2, -0.15) is 0 Å². The molecule has 98 valence electrons. The van der Waals surface area contributed by atoms with E-state index in [1.165, 1.54) is 0 Å². The van der Waals surface area contributed by atoms with Gasteiger partial charge in [-0.3, -0.25) is 9.59 Å². The highest BCUT2D eigenvalue weighted by Crippen LogP contribution is 2.37. The van der Waals surface area contributed by atoms with Gasteiger partial charge >= 0.3 is 5.97 Å². The molecule has 1 aliphatic rings. The third-order valence-corrected chi connectivity index (χ3v) is 3.50. The Bertz CT molecular complexity index is 292. The van der Waals surface area contributed by atoms with E-state index in [1.807, 2.05) is 13.8 Å². The number of rotatable bonds is 5. The molecule has 0 saturated heterocycles. The average molecular weight is 243 g/mol. The maximum absolute atomic E-state index is 12.2. The summed E-state index contributed by atoms with van der Waals surface area (Å²) in [4.78, 5) is 24.8.